The number of rotatable bonds is 3. The van der Waals surface area contributed by atoms with Gasteiger partial charge in [-0.05, 0) is 51.0 Å². The number of piperidine rings is 1. The lowest BCUT2D eigenvalue weighted by atomic mass is 10.0. The van der Waals surface area contributed by atoms with Gasteiger partial charge in [-0.3, -0.25) is 9.69 Å². The molecule has 1 aromatic rings. The summed E-state index contributed by atoms with van der Waals surface area (Å²) in [6.07, 6.45) is 1.81. The Hall–Kier alpha value is -1.59. The van der Waals surface area contributed by atoms with Crippen LogP contribution >= 0.6 is 0 Å². The van der Waals surface area contributed by atoms with Crippen LogP contribution in [0.2, 0.25) is 0 Å². The molecule has 0 atom stereocenters. The number of nitrogens with zero attached hydrogens (tertiary/aromatic N) is 3. The van der Waals surface area contributed by atoms with Crippen LogP contribution in [0.5, 0.6) is 0 Å². The number of benzene rings is 1. The van der Waals surface area contributed by atoms with Crippen LogP contribution in [0.1, 0.15) is 37.0 Å². The number of piperazine rings is 1. The lowest BCUT2D eigenvalue weighted by molar-refractivity contribution is 0.0715. The molecule has 0 bridgehead atoms. The maximum absolute atomic E-state index is 12.6. The molecule has 0 aliphatic carbocycles. The smallest absolute Gasteiger partial charge is 0.253 e. The van der Waals surface area contributed by atoms with E-state index >= 15 is 0 Å². The number of hydrogen-bond donors (Lipinski definition) is 1. The first-order valence-corrected chi connectivity index (χ1v) is 9.18. The van der Waals surface area contributed by atoms with Gasteiger partial charge in [0, 0.05) is 62.6 Å². The number of amides is 1. The van der Waals surface area contributed by atoms with Crippen molar-refractivity contribution in [1.29, 1.82) is 0 Å². The van der Waals surface area contributed by atoms with Gasteiger partial charge in [0.15, 0.2) is 0 Å². The average Bonchev–Trinajstić information content (AvgIpc) is 2.62. The van der Waals surface area contributed by atoms with E-state index in [-0.39, 0.29) is 11.9 Å². The van der Waals surface area contributed by atoms with Crippen LogP contribution in [-0.4, -0.2) is 67.1 Å². The highest BCUT2D eigenvalue weighted by Gasteiger charge is 2.22. The van der Waals surface area contributed by atoms with Crippen molar-refractivity contribution in [3.8, 4) is 0 Å². The molecule has 0 saturated carbocycles. The van der Waals surface area contributed by atoms with Gasteiger partial charge in [-0.25, -0.2) is 0 Å². The fourth-order valence-corrected chi connectivity index (χ4v) is 3.60. The number of anilines is 1. The third-order valence-electron chi connectivity index (χ3n) is 5.35. The Bertz CT molecular complexity index is 541. The van der Waals surface area contributed by atoms with Gasteiger partial charge in [0.1, 0.15) is 0 Å². The van der Waals surface area contributed by atoms with E-state index in [0.29, 0.717) is 6.04 Å². The summed E-state index contributed by atoms with van der Waals surface area (Å²) >= 11 is 0. The van der Waals surface area contributed by atoms with E-state index in [2.05, 4.69) is 35.8 Å². The average molecular weight is 330 g/mol. The molecule has 2 aliphatic rings. The summed E-state index contributed by atoms with van der Waals surface area (Å²) in [6.45, 7) is 10.4. The van der Waals surface area contributed by atoms with Gasteiger partial charge in [-0.1, -0.05) is 0 Å². The van der Waals surface area contributed by atoms with Gasteiger partial charge in [0.2, 0.25) is 0 Å². The highest BCUT2D eigenvalue weighted by Crippen LogP contribution is 2.20. The van der Waals surface area contributed by atoms with Crippen molar-refractivity contribution < 1.29 is 4.79 Å². The molecule has 2 aliphatic heterocycles. The predicted octanol–water partition coefficient (Wildman–Crippen LogP) is 1.78. The summed E-state index contributed by atoms with van der Waals surface area (Å²) < 4.78 is 0. The molecule has 1 aromatic carbocycles. The van der Waals surface area contributed by atoms with Crippen molar-refractivity contribution in [1.82, 2.24) is 9.80 Å². The molecule has 2 N–H and O–H groups in total. The molecule has 0 aromatic heterocycles. The first-order chi connectivity index (χ1) is 11.5. The van der Waals surface area contributed by atoms with Crippen LogP contribution in [0.4, 0.5) is 5.69 Å². The van der Waals surface area contributed by atoms with Crippen molar-refractivity contribution >= 4 is 11.6 Å². The second-order valence-electron chi connectivity index (χ2n) is 7.29. The minimum atomic E-state index is 0.137. The van der Waals surface area contributed by atoms with Gasteiger partial charge in [-0.15, -0.1) is 0 Å². The Morgan fingerprint density at radius 3 is 2.12 bits per heavy atom. The van der Waals surface area contributed by atoms with E-state index in [9.17, 15) is 4.79 Å². The molecule has 2 heterocycles. The van der Waals surface area contributed by atoms with Crippen molar-refractivity contribution in [3.63, 3.8) is 0 Å². The van der Waals surface area contributed by atoms with Gasteiger partial charge in [-0.2, -0.15) is 0 Å². The van der Waals surface area contributed by atoms with Crippen LogP contribution in [0, 0.1) is 0 Å². The van der Waals surface area contributed by atoms with E-state index in [1.165, 1.54) is 5.69 Å². The third-order valence-corrected chi connectivity index (χ3v) is 5.35. The van der Waals surface area contributed by atoms with Gasteiger partial charge in [0.25, 0.3) is 5.91 Å². The zero-order valence-corrected chi connectivity index (χ0v) is 14.9. The first-order valence-electron chi connectivity index (χ1n) is 9.18. The Kier molecular flexibility index (Phi) is 5.41. The highest BCUT2D eigenvalue weighted by atomic mass is 16.2. The molecular weight excluding hydrogens is 300 g/mol. The predicted molar refractivity (Wildman–Crippen MR) is 98.5 cm³/mol. The summed E-state index contributed by atoms with van der Waals surface area (Å²) in [7, 11) is 0. The van der Waals surface area contributed by atoms with Crippen LogP contribution in [-0.2, 0) is 0 Å². The molecule has 2 fully saturated rings. The Morgan fingerprint density at radius 2 is 1.58 bits per heavy atom. The Labute approximate surface area is 145 Å². The van der Waals surface area contributed by atoms with E-state index < -0.39 is 0 Å². The quantitative estimate of drug-likeness (QED) is 0.918. The minimum Gasteiger partial charge on any atom is -0.369 e. The molecule has 0 spiro atoms. The normalized spacial score (nSPS) is 20.7. The lowest BCUT2D eigenvalue weighted by Crippen LogP contribution is -2.48. The zero-order valence-electron chi connectivity index (χ0n) is 14.9. The number of hydrogen-bond acceptors (Lipinski definition) is 4. The SMILES string of the molecule is CC(C)N1CCN(c2ccc(C(=O)N3CCC(N)CC3)cc2)CC1. The number of likely N-dealkylation sites (tertiary alicyclic amines) is 1. The molecule has 5 nitrogen and oxygen atoms in total. The molecule has 3 rings (SSSR count). The van der Waals surface area contributed by atoms with Gasteiger partial charge in [0.05, 0.1) is 0 Å². The second kappa shape index (κ2) is 7.53. The maximum atomic E-state index is 12.6. The summed E-state index contributed by atoms with van der Waals surface area (Å²) in [6, 6.07) is 9.00. The van der Waals surface area contributed by atoms with Crippen molar-refractivity contribution in [2.24, 2.45) is 5.73 Å². The third kappa shape index (κ3) is 3.90. The minimum absolute atomic E-state index is 0.137. The summed E-state index contributed by atoms with van der Waals surface area (Å²) in [4.78, 5) is 19.4. The largest absolute Gasteiger partial charge is 0.369 e. The topological polar surface area (TPSA) is 52.8 Å². The summed E-state index contributed by atoms with van der Waals surface area (Å²) in [5.41, 5.74) is 7.92. The zero-order chi connectivity index (χ0) is 17.1. The van der Waals surface area contributed by atoms with Gasteiger partial charge < -0.3 is 15.5 Å². The highest BCUT2D eigenvalue weighted by molar-refractivity contribution is 5.94. The monoisotopic (exact) mass is 330 g/mol. The fourth-order valence-electron chi connectivity index (χ4n) is 3.60. The number of carbonyl (C=O) groups is 1. The molecule has 24 heavy (non-hydrogen) atoms. The maximum Gasteiger partial charge on any atom is 0.253 e. The Balaban J connectivity index is 1.58. The Morgan fingerprint density at radius 1 is 1.00 bits per heavy atom. The standard InChI is InChI=1S/C19H30N4O/c1-15(2)21-11-13-22(14-12-21)18-5-3-16(4-6-18)19(24)23-9-7-17(20)8-10-23/h3-6,15,17H,7-14,20H2,1-2H3. The molecule has 0 radical (unpaired) electrons. The fraction of sp³-hybridized carbons (Fsp3) is 0.632. The first kappa shape index (κ1) is 17.2. The second-order valence-corrected chi connectivity index (χ2v) is 7.29. The van der Waals surface area contributed by atoms with Crippen LogP contribution in [0.3, 0.4) is 0 Å². The number of carbonyl (C=O) groups excluding carboxylic acids is 1. The summed E-state index contributed by atoms with van der Waals surface area (Å²) in [5, 5.41) is 0. The van der Waals surface area contributed by atoms with Crippen LogP contribution in [0.15, 0.2) is 24.3 Å². The molecule has 5 heteroatoms. The molecular formula is C19H30N4O. The van der Waals surface area contributed by atoms with Gasteiger partial charge >= 0.3 is 0 Å². The van der Waals surface area contributed by atoms with E-state index in [1.54, 1.807) is 0 Å². The van der Waals surface area contributed by atoms with Crippen molar-refractivity contribution in [2.75, 3.05) is 44.2 Å². The van der Waals surface area contributed by atoms with E-state index in [0.717, 1.165) is 57.7 Å². The van der Waals surface area contributed by atoms with E-state index in [1.807, 2.05) is 17.0 Å². The number of nitrogens with two attached hydrogens (primary N) is 1. The van der Waals surface area contributed by atoms with Crippen molar-refractivity contribution in [2.45, 2.75) is 38.8 Å². The molecule has 0 unspecified atom stereocenters. The van der Waals surface area contributed by atoms with Crippen molar-refractivity contribution in [3.05, 3.63) is 29.8 Å². The molecule has 1 amide bonds. The lowest BCUT2D eigenvalue weighted by Gasteiger charge is -2.38. The molecule has 2 saturated heterocycles. The van der Waals surface area contributed by atoms with Crippen LogP contribution in [0.25, 0.3) is 0 Å². The molecule has 132 valence electrons. The van der Waals surface area contributed by atoms with E-state index in [4.69, 9.17) is 5.73 Å². The van der Waals surface area contributed by atoms with Crippen LogP contribution < -0.4 is 10.6 Å². The summed E-state index contributed by atoms with van der Waals surface area (Å²) in [5.74, 6) is 0.137.